The van der Waals surface area contributed by atoms with E-state index >= 15 is 0 Å². The van der Waals surface area contributed by atoms with Crippen molar-refractivity contribution < 1.29 is 23.8 Å². The van der Waals surface area contributed by atoms with E-state index < -0.39 is 5.91 Å². The largest absolute Gasteiger partial charge is 0.493 e. The molecular formula is C20H28N2O5. The summed E-state index contributed by atoms with van der Waals surface area (Å²) >= 11 is 0. The summed E-state index contributed by atoms with van der Waals surface area (Å²) < 4.78 is 16.1. The first-order valence-corrected chi connectivity index (χ1v) is 9.50. The van der Waals surface area contributed by atoms with Crippen molar-refractivity contribution in [2.24, 2.45) is 17.6 Å². The number of benzene rings is 1. The Balaban J connectivity index is 1.80. The summed E-state index contributed by atoms with van der Waals surface area (Å²) in [5.74, 6) is 1.68. The van der Waals surface area contributed by atoms with Gasteiger partial charge in [-0.25, -0.2) is 0 Å². The maximum Gasteiger partial charge on any atom is 0.255 e. The Morgan fingerprint density at radius 2 is 1.70 bits per heavy atom. The maximum absolute atomic E-state index is 13.1. The van der Waals surface area contributed by atoms with E-state index in [-0.39, 0.29) is 18.3 Å². The molecule has 0 bridgehead atoms. The van der Waals surface area contributed by atoms with Crippen molar-refractivity contribution in [1.82, 2.24) is 4.90 Å². The van der Waals surface area contributed by atoms with E-state index in [9.17, 15) is 9.59 Å². The lowest BCUT2D eigenvalue weighted by atomic mass is 9.75. The summed E-state index contributed by atoms with van der Waals surface area (Å²) in [7, 11) is 2.96. The van der Waals surface area contributed by atoms with Crippen molar-refractivity contribution in [3.63, 3.8) is 0 Å². The molecule has 2 N–H and O–H groups in total. The predicted molar refractivity (Wildman–Crippen MR) is 100 cm³/mol. The highest BCUT2D eigenvalue weighted by Crippen LogP contribution is 2.40. The lowest BCUT2D eigenvalue weighted by molar-refractivity contribution is -0.120. The van der Waals surface area contributed by atoms with E-state index in [4.69, 9.17) is 19.9 Å². The summed E-state index contributed by atoms with van der Waals surface area (Å²) in [6.07, 6.45) is 6.15. The molecule has 27 heavy (non-hydrogen) atoms. The van der Waals surface area contributed by atoms with E-state index in [1.807, 2.05) is 4.90 Å². The van der Waals surface area contributed by atoms with Crippen LogP contribution in [0.4, 0.5) is 0 Å². The predicted octanol–water partition coefficient (Wildman–Crippen LogP) is 2.22. The summed E-state index contributed by atoms with van der Waals surface area (Å²) in [5, 5.41) is 0. The molecule has 1 aromatic carbocycles. The third kappa shape index (κ3) is 4.28. The maximum atomic E-state index is 13.1. The molecule has 1 heterocycles. The van der Waals surface area contributed by atoms with Crippen LogP contribution in [-0.2, 0) is 4.79 Å². The van der Waals surface area contributed by atoms with Gasteiger partial charge in [0.1, 0.15) is 0 Å². The molecule has 2 fully saturated rings. The van der Waals surface area contributed by atoms with Crippen LogP contribution in [0.25, 0.3) is 0 Å². The molecule has 0 unspecified atom stereocenters. The number of fused-ring (bicyclic) bond motifs is 1. The van der Waals surface area contributed by atoms with Crippen LogP contribution in [0.3, 0.4) is 0 Å². The van der Waals surface area contributed by atoms with Gasteiger partial charge in [0.25, 0.3) is 11.8 Å². The van der Waals surface area contributed by atoms with Gasteiger partial charge in [-0.15, -0.1) is 0 Å². The SMILES string of the molecule is COc1cc(C(=O)N2CC[C@H]3CCCC[C@@H]3C2)cc(OC)c1OCC(N)=O. The minimum Gasteiger partial charge on any atom is -0.493 e. The van der Waals surface area contributed by atoms with E-state index in [0.29, 0.717) is 23.0 Å². The number of methoxy groups -OCH3 is 2. The van der Waals surface area contributed by atoms with E-state index in [1.54, 1.807) is 12.1 Å². The van der Waals surface area contributed by atoms with Gasteiger partial charge in [0.05, 0.1) is 14.2 Å². The summed E-state index contributed by atoms with van der Waals surface area (Å²) in [5.41, 5.74) is 5.64. The smallest absolute Gasteiger partial charge is 0.255 e. The number of hydrogen-bond donors (Lipinski definition) is 1. The highest BCUT2D eigenvalue weighted by Gasteiger charge is 2.33. The van der Waals surface area contributed by atoms with E-state index in [0.717, 1.165) is 25.4 Å². The number of rotatable bonds is 6. The second kappa shape index (κ2) is 8.50. The quantitative estimate of drug-likeness (QED) is 0.822. The number of piperidine rings is 1. The molecule has 0 radical (unpaired) electrons. The molecule has 7 nitrogen and oxygen atoms in total. The van der Waals surface area contributed by atoms with Crippen LogP contribution in [0.2, 0.25) is 0 Å². The molecule has 148 valence electrons. The first-order chi connectivity index (χ1) is 13.0. The number of nitrogens with two attached hydrogens (primary N) is 1. The van der Waals surface area contributed by atoms with Crippen LogP contribution < -0.4 is 19.9 Å². The van der Waals surface area contributed by atoms with Gasteiger partial charge in [0, 0.05) is 18.7 Å². The number of ether oxygens (including phenoxy) is 3. The average Bonchev–Trinajstić information content (AvgIpc) is 2.70. The average molecular weight is 376 g/mol. The highest BCUT2D eigenvalue weighted by molar-refractivity contribution is 5.95. The Labute approximate surface area is 159 Å². The Morgan fingerprint density at radius 3 is 2.30 bits per heavy atom. The Morgan fingerprint density at radius 1 is 1.07 bits per heavy atom. The fourth-order valence-corrected chi connectivity index (χ4v) is 4.26. The molecule has 3 rings (SSSR count). The van der Waals surface area contributed by atoms with Crippen LogP contribution in [0.15, 0.2) is 12.1 Å². The lowest BCUT2D eigenvalue weighted by Crippen LogP contribution is -2.44. The summed E-state index contributed by atoms with van der Waals surface area (Å²) in [6, 6.07) is 3.27. The van der Waals surface area contributed by atoms with Gasteiger partial charge < -0.3 is 24.8 Å². The van der Waals surface area contributed by atoms with Gasteiger partial charge in [0.2, 0.25) is 5.75 Å². The third-order valence-corrected chi connectivity index (χ3v) is 5.64. The van der Waals surface area contributed by atoms with Crippen LogP contribution in [0, 0.1) is 11.8 Å². The molecule has 1 aliphatic carbocycles. The summed E-state index contributed by atoms with van der Waals surface area (Å²) in [4.78, 5) is 26.0. The van der Waals surface area contributed by atoms with Crippen molar-refractivity contribution in [1.29, 1.82) is 0 Å². The van der Waals surface area contributed by atoms with Crippen molar-refractivity contribution >= 4 is 11.8 Å². The van der Waals surface area contributed by atoms with E-state index in [1.165, 1.54) is 39.9 Å². The third-order valence-electron chi connectivity index (χ3n) is 5.64. The number of hydrogen-bond acceptors (Lipinski definition) is 5. The minimum absolute atomic E-state index is 0.0305. The number of likely N-dealkylation sites (tertiary alicyclic amines) is 1. The Kier molecular flexibility index (Phi) is 6.08. The van der Waals surface area contributed by atoms with Crippen molar-refractivity contribution in [2.75, 3.05) is 33.9 Å². The molecule has 2 amide bonds. The van der Waals surface area contributed by atoms with Crippen LogP contribution in [-0.4, -0.2) is 50.6 Å². The fourth-order valence-electron chi connectivity index (χ4n) is 4.26. The molecule has 2 atom stereocenters. The number of nitrogens with zero attached hydrogens (tertiary/aromatic N) is 1. The zero-order valence-corrected chi connectivity index (χ0v) is 16.0. The molecule has 1 aliphatic heterocycles. The lowest BCUT2D eigenvalue weighted by Gasteiger charge is -2.41. The van der Waals surface area contributed by atoms with Crippen molar-refractivity contribution in [3.05, 3.63) is 17.7 Å². The zero-order valence-electron chi connectivity index (χ0n) is 16.0. The topological polar surface area (TPSA) is 91.1 Å². The van der Waals surface area contributed by atoms with Gasteiger partial charge in [-0.05, 0) is 36.8 Å². The molecule has 0 spiro atoms. The normalized spacial score (nSPS) is 21.9. The zero-order chi connectivity index (χ0) is 19.4. The van der Waals surface area contributed by atoms with Crippen LogP contribution >= 0.6 is 0 Å². The first-order valence-electron chi connectivity index (χ1n) is 9.50. The van der Waals surface area contributed by atoms with Gasteiger partial charge in [-0.2, -0.15) is 0 Å². The number of carbonyl (C=O) groups is 2. The molecule has 0 aromatic heterocycles. The minimum atomic E-state index is -0.602. The Hall–Kier alpha value is -2.44. The fraction of sp³-hybridized carbons (Fsp3) is 0.600. The molecule has 1 saturated carbocycles. The number of carbonyl (C=O) groups excluding carboxylic acids is 2. The standard InChI is InChI=1S/C20H28N2O5/c1-25-16-9-15(10-17(26-2)19(16)27-12-18(21)23)20(24)22-8-7-13-5-3-4-6-14(13)11-22/h9-10,13-14H,3-8,11-12H2,1-2H3,(H2,21,23)/t13-,14-/m1/s1. The van der Waals surface area contributed by atoms with Crippen LogP contribution in [0.1, 0.15) is 42.5 Å². The highest BCUT2D eigenvalue weighted by atomic mass is 16.5. The van der Waals surface area contributed by atoms with Gasteiger partial charge >= 0.3 is 0 Å². The molecular weight excluding hydrogens is 348 g/mol. The number of primary amides is 1. The Bertz CT molecular complexity index is 681. The molecule has 1 aromatic rings. The second-order valence-corrected chi connectivity index (χ2v) is 7.31. The second-order valence-electron chi connectivity index (χ2n) is 7.31. The first kappa shape index (κ1) is 19.3. The number of amides is 2. The van der Waals surface area contributed by atoms with Crippen molar-refractivity contribution in [3.8, 4) is 17.2 Å². The van der Waals surface area contributed by atoms with Gasteiger partial charge in [-0.3, -0.25) is 9.59 Å². The van der Waals surface area contributed by atoms with Crippen molar-refractivity contribution in [2.45, 2.75) is 32.1 Å². The van der Waals surface area contributed by atoms with Crippen LogP contribution in [0.5, 0.6) is 17.2 Å². The van der Waals surface area contributed by atoms with E-state index in [2.05, 4.69) is 0 Å². The summed E-state index contributed by atoms with van der Waals surface area (Å²) in [6.45, 7) is 1.30. The molecule has 2 aliphatic rings. The van der Waals surface area contributed by atoms with Gasteiger partial charge in [-0.1, -0.05) is 19.3 Å². The van der Waals surface area contributed by atoms with Gasteiger partial charge in [0.15, 0.2) is 18.1 Å². The monoisotopic (exact) mass is 376 g/mol. The molecule has 1 saturated heterocycles. The molecule has 7 heteroatoms.